The van der Waals surface area contributed by atoms with E-state index in [0.29, 0.717) is 6.04 Å². The maximum Gasteiger partial charge on any atom is 0.185 e. The Bertz CT molecular complexity index is 340. The lowest BCUT2D eigenvalue weighted by molar-refractivity contribution is 0.0930. The smallest absolute Gasteiger partial charge is 0.185 e. The Hall–Kier alpha value is -0.650. The molecular weight excluding hydrogens is 222 g/mol. The average molecular weight is 241 g/mol. The third-order valence-electron chi connectivity index (χ3n) is 2.90. The van der Waals surface area contributed by atoms with Gasteiger partial charge in [0.1, 0.15) is 0 Å². The van der Waals surface area contributed by atoms with Crippen molar-refractivity contribution in [2.24, 2.45) is 5.73 Å². The second kappa shape index (κ2) is 5.12. The molecule has 1 aliphatic rings. The van der Waals surface area contributed by atoms with Crippen LogP contribution in [0.3, 0.4) is 0 Å². The maximum absolute atomic E-state index is 5.85. The standard InChI is InChI=1S/C11H19N3OS/c1-3-9-7-15-5-4-14(9)11-13-6-10(16-11)8(2)12/h6,8-9H,3-5,7,12H2,1-2H3. The molecule has 0 radical (unpaired) electrons. The predicted molar refractivity (Wildman–Crippen MR) is 67.0 cm³/mol. The van der Waals surface area contributed by atoms with Crippen molar-refractivity contribution in [3.05, 3.63) is 11.1 Å². The monoisotopic (exact) mass is 241 g/mol. The van der Waals surface area contributed by atoms with Crippen molar-refractivity contribution < 1.29 is 4.74 Å². The Morgan fingerprint density at radius 1 is 1.75 bits per heavy atom. The van der Waals surface area contributed by atoms with E-state index in [1.165, 1.54) is 0 Å². The molecule has 2 heterocycles. The van der Waals surface area contributed by atoms with Gasteiger partial charge in [0.2, 0.25) is 0 Å². The highest BCUT2D eigenvalue weighted by Gasteiger charge is 2.24. The molecular formula is C11H19N3OS. The van der Waals surface area contributed by atoms with Crippen molar-refractivity contribution in [1.29, 1.82) is 0 Å². The van der Waals surface area contributed by atoms with Gasteiger partial charge in [0.15, 0.2) is 5.13 Å². The number of rotatable bonds is 3. The van der Waals surface area contributed by atoms with Crippen LogP contribution in [0.2, 0.25) is 0 Å². The second-order valence-electron chi connectivity index (χ2n) is 4.16. The maximum atomic E-state index is 5.85. The molecule has 2 atom stereocenters. The quantitative estimate of drug-likeness (QED) is 0.876. The molecule has 1 aromatic heterocycles. The van der Waals surface area contributed by atoms with Gasteiger partial charge in [0.25, 0.3) is 0 Å². The molecule has 90 valence electrons. The van der Waals surface area contributed by atoms with Crippen LogP contribution in [-0.2, 0) is 4.74 Å². The summed E-state index contributed by atoms with van der Waals surface area (Å²) in [5, 5.41) is 1.09. The molecule has 2 unspecified atom stereocenters. The molecule has 2 N–H and O–H groups in total. The van der Waals surface area contributed by atoms with Crippen molar-refractivity contribution in [3.8, 4) is 0 Å². The zero-order valence-corrected chi connectivity index (χ0v) is 10.7. The van der Waals surface area contributed by atoms with Gasteiger partial charge in [-0.2, -0.15) is 0 Å². The van der Waals surface area contributed by atoms with Gasteiger partial charge < -0.3 is 15.4 Å². The van der Waals surface area contributed by atoms with Gasteiger partial charge in [0.05, 0.1) is 19.3 Å². The van der Waals surface area contributed by atoms with Crippen molar-refractivity contribution in [3.63, 3.8) is 0 Å². The first-order chi connectivity index (χ1) is 7.72. The summed E-state index contributed by atoms with van der Waals surface area (Å²) in [7, 11) is 0. The van der Waals surface area contributed by atoms with Crippen molar-refractivity contribution in [2.45, 2.75) is 32.4 Å². The zero-order valence-electron chi connectivity index (χ0n) is 9.85. The fourth-order valence-corrected chi connectivity index (χ4v) is 2.83. The lowest BCUT2D eigenvalue weighted by atomic mass is 10.2. The van der Waals surface area contributed by atoms with Crippen LogP contribution in [0.15, 0.2) is 6.20 Å². The molecule has 1 aliphatic heterocycles. The minimum atomic E-state index is 0.0763. The van der Waals surface area contributed by atoms with E-state index in [1.54, 1.807) is 11.3 Å². The molecule has 2 rings (SSSR count). The Labute approximate surface area is 100 Å². The highest BCUT2D eigenvalue weighted by atomic mass is 32.1. The van der Waals surface area contributed by atoms with Crippen molar-refractivity contribution in [2.75, 3.05) is 24.7 Å². The number of aromatic nitrogens is 1. The molecule has 1 saturated heterocycles. The summed E-state index contributed by atoms with van der Waals surface area (Å²) in [5.41, 5.74) is 5.85. The number of ether oxygens (including phenoxy) is 1. The number of nitrogens with two attached hydrogens (primary N) is 1. The Balaban J connectivity index is 2.14. The molecule has 0 aromatic carbocycles. The van der Waals surface area contributed by atoms with E-state index in [0.717, 1.165) is 36.2 Å². The first-order valence-corrected chi connectivity index (χ1v) is 6.59. The third kappa shape index (κ3) is 2.36. The molecule has 0 saturated carbocycles. The van der Waals surface area contributed by atoms with Gasteiger partial charge in [-0.25, -0.2) is 4.98 Å². The molecule has 0 bridgehead atoms. The van der Waals surface area contributed by atoms with Gasteiger partial charge in [-0.15, -0.1) is 11.3 Å². The van der Waals surface area contributed by atoms with Crippen LogP contribution in [-0.4, -0.2) is 30.8 Å². The number of morpholine rings is 1. The van der Waals surface area contributed by atoms with Gasteiger partial charge in [0, 0.05) is 23.7 Å². The van der Waals surface area contributed by atoms with E-state index in [4.69, 9.17) is 10.5 Å². The summed E-state index contributed by atoms with van der Waals surface area (Å²) in [4.78, 5) is 7.96. The van der Waals surface area contributed by atoms with Gasteiger partial charge >= 0.3 is 0 Å². The topological polar surface area (TPSA) is 51.4 Å². The Morgan fingerprint density at radius 3 is 3.19 bits per heavy atom. The van der Waals surface area contributed by atoms with Crippen LogP contribution in [0.5, 0.6) is 0 Å². The summed E-state index contributed by atoms with van der Waals surface area (Å²) in [5.74, 6) is 0. The molecule has 1 fully saturated rings. The average Bonchev–Trinajstić information content (AvgIpc) is 2.78. The number of thiazole rings is 1. The lowest BCUT2D eigenvalue weighted by Crippen LogP contribution is -2.45. The first kappa shape index (κ1) is 11.8. The summed E-state index contributed by atoms with van der Waals surface area (Å²) in [6, 6.07) is 0.535. The van der Waals surface area contributed by atoms with E-state index in [9.17, 15) is 0 Å². The highest BCUT2D eigenvalue weighted by Crippen LogP contribution is 2.29. The number of hydrogen-bond donors (Lipinski definition) is 1. The molecule has 0 spiro atoms. The van der Waals surface area contributed by atoms with Crippen LogP contribution in [0.25, 0.3) is 0 Å². The Kier molecular flexibility index (Phi) is 3.78. The molecule has 4 nitrogen and oxygen atoms in total. The van der Waals surface area contributed by atoms with Crippen molar-refractivity contribution in [1.82, 2.24) is 4.98 Å². The molecule has 5 heteroatoms. The van der Waals surface area contributed by atoms with E-state index >= 15 is 0 Å². The first-order valence-electron chi connectivity index (χ1n) is 5.78. The van der Waals surface area contributed by atoms with Crippen LogP contribution >= 0.6 is 11.3 Å². The lowest BCUT2D eigenvalue weighted by Gasteiger charge is -2.34. The van der Waals surface area contributed by atoms with E-state index in [1.807, 2.05) is 13.1 Å². The largest absolute Gasteiger partial charge is 0.377 e. The summed E-state index contributed by atoms with van der Waals surface area (Å²) in [6.45, 7) is 6.72. The molecule has 0 amide bonds. The predicted octanol–water partition coefficient (Wildman–Crippen LogP) is 1.78. The molecule has 0 aliphatic carbocycles. The van der Waals surface area contributed by atoms with E-state index in [-0.39, 0.29) is 6.04 Å². The summed E-state index contributed by atoms with van der Waals surface area (Å²) < 4.78 is 5.49. The fraction of sp³-hybridized carbons (Fsp3) is 0.727. The van der Waals surface area contributed by atoms with Gasteiger partial charge in [-0.05, 0) is 13.3 Å². The minimum absolute atomic E-state index is 0.0763. The molecule has 16 heavy (non-hydrogen) atoms. The van der Waals surface area contributed by atoms with Gasteiger partial charge in [-0.3, -0.25) is 0 Å². The normalized spacial score (nSPS) is 23.4. The number of nitrogens with zero attached hydrogens (tertiary/aromatic N) is 2. The van der Waals surface area contributed by atoms with Crippen LogP contribution in [0.4, 0.5) is 5.13 Å². The third-order valence-corrected chi connectivity index (χ3v) is 4.14. The Morgan fingerprint density at radius 2 is 2.56 bits per heavy atom. The van der Waals surface area contributed by atoms with E-state index in [2.05, 4.69) is 16.8 Å². The fourth-order valence-electron chi connectivity index (χ4n) is 1.87. The molecule has 1 aromatic rings. The van der Waals surface area contributed by atoms with Crippen LogP contribution in [0, 0.1) is 0 Å². The van der Waals surface area contributed by atoms with Crippen LogP contribution in [0.1, 0.15) is 31.2 Å². The minimum Gasteiger partial charge on any atom is -0.377 e. The van der Waals surface area contributed by atoms with Crippen LogP contribution < -0.4 is 10.6 Å². The van der Waals surface area contributed by atoms with E-state index < -0.39 is 0 Å². The summed E-state index contributed by atoms with van der Waals surface area (Å²) >= 11 is 1.70. The zero-order chi connectivity index (χ0) is 11.5. The number of anilines is 1. The van der Waals surface area contributed by atoms with Gasteiger partial charge in [-0.1, -0.05) is 6.92 Å². The number of hydrogen-bond acceptors (Lipinski definition) is 5. The second-order valence-corrected chi connectivity index (χ2v) is 5.20. The SMILES string of the molecule is CCC1COCCN1c1ncc(C(C)N)s1. The van der Waals surface area contributed by atoms with Crippen molar-refractivity contribution >= 4 is 16.5 Å². The highest BCUT2D eigenvalue weighted by molar-refractivity contribution is 7.15. The summed E-state index contributed by atoms with van der Waals surface area (Å²) in [6.07, 6.45) is 2.99.